The van der Waals surface area contributed by atoms with Gasteiger partial charge in [0.25, 0.3) is 0 Å². The minimum atomic E-state index is -0.392. The quantitative estimate of drug-likeness (QED) is 0.674. The molecule has 0 aliphatic carbocycles. The molecule has 0 N–H and O–H groups in total. The normalized spacial score (nSPS) is 10.4. The molecule has 0 spiro atoms. The predicted molar refractivity (Wildman–Crippen MR) is 51.5 cm³/mol. The summed E-state index contributed by atoms with van der Waals surface area (Å²) in [6, 6.07) is 3.35. The summed E-state index contributed by atoms with van der Waals surface area (Å²) in [6.45, 7) is 0. The lowest BCUT2D eigenvalue weighted by molar-refractivity contribution is 0.0600. The second-order valence-corrected chi connectivity index (χ2v) is 3.11. The van der Waals surface area contributed by atoms with Gasteiger partial charge in [0.05, 0.1) is 18.9 Å². The molecule has 4 nitrogen and oxygen atoms in total. The third-order valence-corrected chi connectivity index (χ3v) is 2.16. The van der Waals surface area contributed by atoms with Crippen molar-refractivity contribution >= 4 is 23.2 Å². The molecule has 0 aliphatic rings. The summed E-state index contributed by atoms with van der Waals surface area (Å²) in [5.74, 6) is -0.392. The molecule has 2 aromatic rings. The fraction of sp³-hybridized carbons (Fsp3) is 0.111. The van der Waals surface area contributed by atoms with Crippen molar-refractivity contribution < 1.29 is 9.53 Å². The minimum Gasteiger partial charge on any atom is -0.465 e. The fourth-order valence-corrected chi connectivity index (χ4v) is 1.37. The van der Waals surface area contributed by atoms with Crippen LogP contribution in [0.25, 0.3) is 5.65 Å². The second-order valence-electron chi connectivity index (χ2n) is 2.72. The van der Waals surface area contributed by atoms with Crippen molar-refractivity contribution in [2.24, 2.45) is 0 Å². The van der Waals surface area contributed by atoms with Gasteiger partial charge in [-0.05, 0) is 12.1 Å². The molecule has 0 saturated carbocycles. The molecule has 0 atom stereocenters. The second kappa shape index (κ2) is 3.31. The Morgan fingerprint density at radius 2 is 2.36 bits per heavy atom. The monoisotopic (exact) mass is 210 g/mol. The SMILES string of the molecule is COC(=O)c1ccc2ncc(Cl)n2c1. The lowest BCUT2D eigenvalue weighted by Gasteiger charge is -2.00. The zero-order valence-electron chi connectivity index (χ0n) is 7.40. The maximum atomic E-state index is 11.2. The third-order valence-electron chi connectivity index (χ3n) is 1.88. The molecule has 0 saturated heterocycles. The van der Waals surface area contributed by atoms with Gasteiger partial charge in [-0.25, -0.2) is 9.78 Å². The van der Waals surface area contributed by atoms with Crippen LogP contribution in [0.3, 0.4) is 0 Å². The number of carbonyl (C=O) groups is 1. The Bertz CT molecular complexity index is 493. The molecule has 2 heterocycles. The Kier molecular flexibility index (Phi) is 2.13. The summed E-state index contributed by atoms with van der Waals surface area (Å²) in [4.78, 5) is 15.2. The lowest BCUT2D eigenvalue weighted by atomic mass is 10.3. The van der Waals surface area contributed by atoms with E-state index in [0.717, 1.165) is 0 Å². The number of hydrogen-bond acceptors (Lipinski definition) is 3. The number of nitrogens with zero attached hydrogens (tertiary/aromatic N) is 2. The molecular weight excluding hydrogens is 204 g/mol. The molecule has 0 aromatic carbocycles. The Morgan fingerprint density at radius 3 is 3.07 bits per heavy atom. The highest BCUT2D eigenvalue weighted by Crippen LogP contribution is 2.13. The van der Waals surface area contributed by atoms with Crippen LogP contribution in [0, 0.1) is 0 Å². The summed E-state index contributed by atoms with van der Waals surface area (Å²) in [7, 11) is 1.34. The van der Waals surface area contributed by atoms with E-state index in [-0.39, 0.29) is 0 Å². The van der Waals surface area contributed by atoms with E-state index in [4.69, 9.17) is 11.6 Å². The topological polar surface area (TPSA) is 43.6 Å². The maximum Gasteiger partial charge on any atom is 0.339 e. The van der Waals surface area contributed by atoms with Crippen molar-refractivity contribution in [3.8, 4) is 0 Å². The molecule has 0 bridgehead atoms. The van der Waals surface area contributed by atoms with E-state index in [2.05, 4.69) is 9.72 Å². The van der Waals surface area contributed by atoms with Crippen LogP contribution in [0.5, 0.6) is 0 Å². The largest absolute Gasteiger partial charge is 0.465 e. The average Bonchev–Trinajstić information content (AvgIpc) is 2.59. The Labute approximate surface area is 85.1 Å². The van der Waals surface area contributed by atoms with Gasteiger partial charge in [-0.15, -0.1) is 0 Å². The molecule has 0 fully saturated rings. The van der Waals surface area contributed by atoms with E-state index in [1.807, 2.05) is 0 Å². The lowest BCUT2D eigenvalue weighted by Crippen LogP contribution is -2.02. The van der Waals surface area contributed by atoms with Crippen LogP contribution >= 0.6 is 11.6 Å². The number of carbonyl (C=O) groups excluding carboxylic acids is 1. The number of pyridine rings is 1. The molecule has 5 heteroatoms. The number of esters is 1. The Hall–Kier alpha value is -1.55. The van der Waals surface area contributed by atoms with Crippen LogP contribution in [-0.2, 0) is 4.74 Å². The highest BCUT2D eigenvalue weighted by molar-refractivity contribution is 6.29. The first kappa shape index (κ1) is 9.02. The Balaban J connectivity index is 2.60. The number of ether oxygens (including phenoxy) is 1. The first-order valence-electron chi connectivity index (χ1n) is 3.93. The molecule has 2 rings (SSSR count). The number of rotatable bonds is 1. The Morgan fingerprint density at radius 1 is 1.57 bits per heavy atom. The standard InChI is InChI=1S/C9H7ClN2O2/c1-14-9(13)6-2-3-8-11-4-7(10)12(8)5-6/h2-5H,1H3. The van der Waals surface area contributed by atoms with E-state index in [9.17, 15) is 4.79 Å². The van der Waals surface area contributed by atoms with Gasteiger partial charge in [-0.1, -0.05) is 11.6 Å². The molecule has 0 aliphatic heterocycles. The van der Waals surface area contributed by atoms with Crippen molar-refractivity contribution in [2.75, 3.05) is 7.11 Å². The highest BCUT2D eigenvalue weighted by Gasteiger charge is 2.07. The van der Waals surface area contributed by atoms with Crippen LogP contribution in [0.4, 0.5) is 0 Å². The summed E-state index contributed by atoms with van der Waals surface area (Å²) >= 11 is 5.84. The molecule has 14 heavy (non-hydrogen) atoms. The van der Waals surface area contributed by atoms with Crippen molar-refractivity contribution in [2.45, 2.75) is 0 Å². The van der Waals surface area contributed by atoms with Crippen LogP contribution < -0.4 is 0 Å². The first-order chi connectivity index (χ1) is 6.72. The van der Waals surface area contributed by atoms with Gasteiger partial charge in [0.15, 0.2) is 0 Å². The fourth-order valence-electron chi connectivity index (χ4n) is 1.19. The van der Waals surface area contributed by atoms with E-state index in [1.165, 1.54) is 13.3 Å². The molecular formula is C9H7ClN2O2. The van der Waals surface area contributed by atoms with E-state index < -0.39 is 5.97 Å². The summed E-state index contributed by atoms with van der Waals surface area (Å²) in [5.41, 5.74) is 1.14. The minimum absolute atomic E-state index is 0.392. The van der Waals surface area contributed by atoms with Gasteiger partial charge in [0.2, 0.25) is 0 Å². The van der Waals surface area contributed by atoms with Gasteiger partial charge in [-0.2, -0.15) is 0 Å². The van der Waals surface area contributed by atoms with Crippen LogP contribution in [0.1, 0.15) is 10.4 Å². The molecule has 0 amide bonds. The summed E-state index contributed by atoms with van der Waals surface area (Å²) in [5, 5.41) is 0.464. The average molecular weight is 211 g/mol. The van der Waals surface area contributed by atoms with Gasteiger partial charge >= 0.3 is 5.97 Å². The number of fused-ring (bicyclic) bond motifs is 1. The van der Waals surface area contributed by atoms with E-state index in [1.54, 1.807) is 22.7 Å². The van der Waals surface area contributed by atoms with Gasteiger partial charge in [-0.3, -0.25) is 4.40 Å². The number of imidazole rings is 1. The van der Waals surface area contributed by atoms with Gasteiger partial charge < -0.3 is 4.74 Å². The highest BCUT2D eigenvalue weighted by atomic mass is 35.5. The molecule has 0 radical (unpaired) electrons. The van der Waals surface area contributed by atoms with Crippen LogP contribution in [0.15, 0.2) is 24.5 Å². The van der Waals surface area contributed by atoms with Crippen molar-refractivity contribution in [1.29, 1.82) is 0 Å². The van der Waals surface area contributed by atoms with Gasteiger partial charge in [0, 0.05) is 6.20 Å². The third kappa shape index (κ3) is 1.33. The van der Waals surface area contributed by atoms with Crippen LogP contribution in [0.2, 0.25) is 5.15 Å². The number of halogens is 1. The molecule has 0 unspecified atom stereocenters. The van der Waals surface area contributed by atoms with Crippen molar-refractivity contribution in [1.82, 2.24) is 9.38 Å². The summed E-state index contributed by atoms with van der Waals surface area (Å²) < 4.78 is 6.20. The number of aromatic nitrogens is 2. The van der Waals surface area contributed by atoms with E-state index >= 15 is 0 Å². The smallest absolute Gasteiger partial charge is 0.339 e. The molecule has 2 aromatic heterocycles. The van der Waals surface area contributed by atoms with Gasteiger partial charge in [0.1, 0.15) is 10.8 Å². The number of hydrogen-bond donors (Lipinski definition) is 0. The molecule has 72 valence electrons. The van der Waals surface area contributed by atoms with Crippen LogP contribution in [-0.4, -0.2) is 22.5 Å². The zero-order chi connectivity index (χ0) is 10.1. The first-order valence-corrected chi connectivity index (χ1v) is 4.31. The summed E-state index contributed by atoms with van der Waals surface area (Å²) in [6.07, 6.45) is 3.12. The van der Waals surface area contributed by atoms with E-state index in [0.29, 0.717) is 16.4 Å². The van der Waals surface area contributed by atoms with Crippen molar-refractivity contribution in [3.05, 3.63) is 35.2 Å². The van der Waals surface area contributed by atoms with Crippen molar-refractivity contribution in [3.63, 3.8) is 0 Å². The zero-order valence-corrected chi connectivity index (χ0v) is 8.15. The predicted octanol–water partition coefficient (Wildman–Crippen LogP) is 1.77. The number of methoxy groups -OCH3 is 1. The maximum absolute atomic E-state index is 11.2.